The predicted octanol–water partition coefficient (Wildman–Crippen LogP) is 0.516. The molecular weight excluding hydrogens is 180 g/mol. The molecular formula is C7H15ClN2O2. The van der Waals surface area contributed by atoms with Gasteiger partial charge in [-0.05, 0) is 19.4 Å². The Morgan fingerprint density at radius 3 is 2.92 bits per heavy atom. The van der Waals surface area contributed by atoms with Crippen LogP contribution in [0.2, 0.25) is 0 Å². The van der Waals surface area contributed by atoms with Crippen LogP contribution in [0.3, 0.4) is 0 Å². The zero-order valence-corrected chi connectivity index (χ0v) is 7.95. The molecule has 72 valence electrons. The van der Waals surface area contributed by atoms with Gasteiger partial charge in [0, 0.05) is 12.6 Å². The van der Waals surface area contributed by atoms with Crippen LogP contribution in [-0.2, 0) is 4.74 Å². The molecule has 0 aliphatic carbocycles. The van der Waals surface area contributed by atoms with Crippen molar-refractivity contribution in [3.05, 3.63) is 0 Å². The lowest BCUT2D eigenvalue weighted by Gasteiger charge is -2.22. The van der Waals surface area contributed by atoms with Gasteiger partial charge in [0.05, 0.1) is 7.11 Å². The fourth-order valence-corrected chi connectivity index (χ4v) is 1.20. The van der Waals surface area contributed by atoms with Gasteiger partial charge < -0.3 is 15.4 Å². The summed E-state index contributed by atoms with van der Waals surface area (Å²) in [5.74, 6) is 0. The fourth-order valence-electron chi connectivity index (χ4n) is 1.20. The highest BCUT2D eigenvalue weighted by molar-refractivity contribution is 5.85. The van der Waals surface area contributed by atoms with Gasteiger partial charge in [-0.2, -0.15) is 0 Å². The van der Waals surface area contributed by atoms with Gasteiger partial charge in [0.25, 0.3) is 0 Å². The maximum Gasteiger partial charge on any atom is 0.407 e. The molecule has 2 N–H and O–H groups in total. The van der Waals surface area contributed by atoms with Gasteiger partial charge in [-0.1, -0.05) is 0 Å². The Hall–Kier alpha value is -0.480. The van der Waals surface area contributed by atoms with Crippen LogP contribution in [0.5, 0.6) is 0 Å². The second-order valence-corrected chi connectivity index (χ2v) is 2.68. The number of hydrogen-bond acceptors (Lipinski definition) is 3. The molecule has 0 bridgehead atoms. The van der Waals surface area contributed by atoms with E-state index in [1.165, 1.54) is 7.11 Å². The molecule has 0 aromatic heterocycles. The first-order valence-electron chi connectivity index (χ1n) is 3.88. The lowest BCUT2D eigenvalue weighted by atomic mass is 10.1. The lowest BCUT2D eigenvalue weighted by molar-refractivity contribution is 0.164. The van der Waals surface area contributed by atoms with Crippen LogP contribution < -0.4 is 10.6 Å². The van der Waals surface area contributed by atoms with E-state index in [1.54, 1.807) is 0 Å². The number of halogens is 1. The van der Waals surface area contributed by atoms with E-state index in [1.807, 2.05) is 0 Å². The summed E-state index contributed by atoms with van der Waals surface area (Å²) >= 11 is 0. The SMILES string of the molecule is COC(=O)NC1CCCNC1.Cl. The van der Waals surface area contributed by atoms with E-state index in [4.69, 9.17) is 0 Å². The number of carbonyl (C=O) groups excluding carboxylic acids is 1. The van der Waals surface area contributed by atoms with Gasteiger partial charge >= 0.3 is 6.09 Å². The summed E-state index contributed by atoms with van der Waals surface area (Å²) in [6.07, 6.45) is 1.83. The standard InChI is InChI=1S/C7H14N2O2.ClH/c1-11-7(10)9-6-3-2-4-8-5-6;/h6,8H,2-5H2,1H3,(H,9,10);1H. The van der Waals surface area contributed by atoms with Crippen molar-refractivity contribution in [2.24, 2.45) is 0 Å². The maximum absolute atomic E-state index is 10.7. The number of amides is 1. The van der Waals surface area contributed by atoms with E-state index >= 15 is 0 Å². The zero-order valence-electron chi connectivity index (χ0n) is 7.13. The van der Waals surface area contributed by atoms with Gasteiger partial charge in [0.2, 0.25) is 0 Å². The van der Waals surface area contributed by atoms with Gasteiger partial charge in [0.1, 0.15) is 0 Å². The molecule has 0 aromatic rings. The number of rotatable bonds is 1. The Kier molecular flexibility index (Phi) is 5.84. The summed E-state index contributed by atoms with van der Waals surface area (Å²) in [6.45, 7) is 1.91. The second kappa shape index (κ2) is 6.08. The van der Waals surface area contributed by atoms with Crippen molar-refractivity contribution in [2.75, 3.05) is 20.2 Å². The maximum atomic E-state index is 10.7. The van der Waals surface area contributed by atoms with Crippen molar-refractivity contribution in [1.82, 2.24) is 10.6 Å². The second-order valence-electron chi connectivity index (χ2n) is 2.68. The van der Waals surface area contributed by atoms with E-state index in [2.05, 4.69) is 15.4 Å². The van der Waals surface area contributed by atoms with Crippen molar-refractivity contribution in [1.29, 1.82) is 0 Å². The van der Waals surface area contributed by atoms with Crippen molar-refractivity contribution in [3.63, 3.8) is 0 Å². The Morgan fingerprint density at radius 2 is 2.42 bits per heavy atom. The minimum atomic E-state index is -0.335. The first kappa shape index (κ1) is 11.5. The summed E-state index contributed by atoms with van der Waals surface area (Å²) in [7, 11) is 1.38. The summed E-state index contributed by atoms with van der Waals surface area (Å²) in [4.78, 5) is 10.7. The smallest absolute Gasteiger partial charge is 0.407 e. The Balaban J connectivity index is 0.00000121. The number of nitrogens with one attached hydrogen (secondary N) is 2. The van der Waals surface area contributed by atoms with E-state index in [-0.39, 0.29) is 24.5 Å². The normalized spacial score (nSPS) is 22.2. The number of piperidine rings is 1. The van der Waals surface area contributed by atoms with E-state index in [0.29, 0.717) is 0 Å². The molecule has 1 aliphatic rings. The van der Waals surface area contributed by atoms with Gasteiger partial charge in [-0.3, -0.25) is 0 Å². The molecule has 4 nitrogen and oxygen atoms in total. The average Bonchev–Trinajstić information content (AvgIpc) is 2.06. The van der Waals surface area contributed by atoms with Crippen molar-refractivity contribution < 1.29 is 9.53 Å². The molecule has 0 aromatic carbocycles. The number of carbonyl (C=O) groups is 1. The lowest BCUT2D eigenvalue weighted by Crippen LogP contribution is -2.45. The summed E-state index contributed by atoms with van der Waals surface area (Å²) in [5, 5.41) is 5.94. The Bertz CT molecular complexity index is 137. The van der Waals surface area contributed by atoms with Crippen LogP contribution in [0.1, 0.15) is 12.8 Å². The highest BCUT2D eigenvalue weighted by atomic mass is 35.5. The zero-order chi connectivity index (χ0) is 8.10. The fraction of sp³-hybridized carbons (Fsp3) is 0.857. The Morgan fingerprint density at radius 1 is 1.67 bits per heavy atom. The first-order chi connectivity index (χ1) is 5.33. The van der Waals surface area contributed by atoms with Crippen molar-refractivity contribution in [2.45, 2.75) is 18.9 Å². The van der Waals surface area contributed by atoms with Crippen LogP contribution in [0.15, 0.2) is 0 Å². The molecule has 1 rings (SSSR count). The average molecular weight is 195 g/mol. The van der Waals surface area contributed by atoms with Crippen molar-refractivity contribution >= 4 is 18.5 Å². The quantitative estimate of drug-likeness (QED) is 0.640. The summed E-state index contributed by atoms with van der Waals surface area (Å²) in [6, 6.07) is 0.246. The van der Waals surface area contributed by atoms with Crippen LogP contribution in [0, 0.1) is 0 Å². The minimum Gasteiger partial charge on any atom is -0.453 e. The molecule has 0 spiro atoms. The molecule has 1 saturated heterocycles. The van der Waals surface area contributed by atoms with Crippen molar-refractivity contribution in [3.8, 4) is 0 Å². The highest BCUT2D eigenvalue weighted by Crippen LogP contribution is 2.00. The van der Waals surface area contributed by atoms with E-state index in [0.717, 1.165) is 25.9 Å². The monoisotopic (exact) mass is 194 g/mol. The molecule has 5 heteroatoms. The predicted molar refractivity (Wildman–Crippen MR) is 48.7 cm³/mol. The molecule has 1 aliphatic heterocycles. The third kappa shape index (κ3) is 3.78. The van der Waals surface area contributed by atoms with E-state index < -0.39 is 0 Å². The van der Waals surface area contributed by atoms with Crippen LogP contribution in [-0.4, -0.2) is 32.3 Å². The molecule has 1 atom stereocenters. The van der Waals surface area contributed by atoms with Crippen LogP contribution in [0.4, 0.5) is 4.79 Å². The first-order valence-corrected chi connectivity index (χ1v) is 3.88. The molecule has 1 fully saturated rings. The topological polar surface area (TPSA) is 50.4 Å². The van der Waals surface area contributed by atoms with Gasteiger partial charge in [-0.15, -0.1) is 12.4 Å². The highest BCUT2D eigenvalue weighted by Gasteiger charge is 2.14. The molecule has 1 amide bonds. The summed E-state index contributed by atoms with van der Waals surface area (Å²) < 4.78 is 4.48. The Labute approximate surface area is 78.5 Å². The molecule has 0 radical (unpaired) electrons. The third-order valence-electron chi connectivity index (χ3n) is 1.80. The van der Waals surface area contributed by atoms with Gasteiger partial charge in [-0.25, -0.2) is 4.79 Å². The number of ether oxygens (including phenoxy) is 1. The molecule has 12 heavy (non-hydrogen) atoms. The molecule has 1 unspecified atom stereocenters. The molecule has 1 heterocycles. The largest absolute Gasteiger partial charge is 0.453 e. The number of alkyl carbamates (subject to hydrolysis) is 1. The van der Waals surface area contributed by atoms with E-state index in [9.17, 15) is 4.79 Å². The molecule has 0 saturated carbocycles. The van der Waals surface area contributed by atoms with Gasteiger partial charge in [0.15, 0.2) is 0 Å². The van der Waals surface area contributed by atoms with Crippen LogP contribution in [0.25, 0.3) is 0 Å². The summed E-state index contributed by atoms with van der Waals surface area (Å²) in [5.41, 5.74) is 0. The van der Waals surface area contributed by atoms with Crippen LogP contribution >= 0.6 is 12.4 Å². The minimum absolute atomic E-state index is 0. The number of methoxy groups -OCH3 is 1. The number of hydrogen-bond donors (Lipinski definition) is 2. The third-order valence-corrected chi connectivity index (χ3v) is 1.80.